The Hall–Kier alpha value is -4.37. The average Bonchev–Trinajstić information content (AvgIpc) is 3.36. The smallest absolute Gasteiger partial charge is 0.260 e. The number of aromatic nitrogens is 2. The molecule has 9 heteroatoms. The maximum Gasteiger partial charge on any atom is 0.260 e. The maximum atomic E-state index is 12.2. The van der Waals surface area contributed by atoms with Gasteiger partial charge in [-0.05, 0) is 31.2 Å². The summed E-state index contributed by atoms with van der Waals surface area (Å²) in [6, 6.07) is 21.3. The van der Waals surface area contributed by atoms with E-state index in [2.05, 4.69) is 50.2 Å². The van der Waals surface area contributed by atoms with Crippen LogP contribution >= 0.6 is 0 Å². The number of aryl methyl sites for hydroxylation is 1. The van der Waals surface area contributed by atoms with Gasteiger partial charge in [0.1, 0.15) is 11.6 Å². The molecule has 210 valence electrons. The normalized spacial score (nSPS) is 13.3. The fraction of sp³-hybridized carbons (Fsp3) is 0.323. The summed E-state index contributed by atoms with van der Waals surface area (Å²) in [5.74, 6) is 1.25. The lowest BCUT2D eigenvalue weighted by Gasteiger charge is -2.26. The van der Waals surface area contributed by atoms with E-state index in [1.54, 1.807) is 21.7 Å². The van der Waals surface area contributed by atoms with Gasteiger partial charge in [0.25, 0.3) is 5.91 Å². The van der Waals surface area contributed by atoms with Crippen LogP contribution in [0.1, 0.15) is 32.0 Å². The first-order valence-corrected chi connectivity index (χ1v) is 13.3. The van der Waals surface area contributed by atoms with Gasteiger partial charge in [-0.25, -0.2) is 4.68 Å². The fourth-order valence-corrected chi connectivity index (χ4v) is 4.28. The number of amides is 2. The number of anilines is 2. The third kappa shape index (κ3) is 6.98. The van der Waals surface area contributed by atoms with Crippen LogP contribution in [0.3, 0.4) is 0 Å². The number of ether oxygens (including phenoxy) is 2. The Balaban J connectivity index is 0.000000194. The highest BCUT2D eigenvalue weighted by Crippen LogP contribution is 2.31. The molecule has 40 heavy (non-hydrogen) atoms. The van der Waals surface area contributed by atoms with Crippen molar-refractivity contribution in [1.29, 1.82) is 0 Å². The van der Waals surface area contributed by atoms with Crippen LogP contribution < -0.4 is 15.8 Å². The van der Waals surface area contributed by atoms with E-state index < -0.39 is 0 Å². The van der Waals surface area contributed by atoms with Gasteiger partial charge in [-0.2, -0.15) is 5.10 Å². The number of fused-ring (bicyclic) bond motifs is 1. The van der Waals surface area contributed by atoms with Crippen LogP contribution in [0.2, 0.25) is 0 Å². The number of nitrogens with two attached hydrogens (primary N) is 1. The van der Waals surface area contributed by atoms with Crippen LogP contribution in [-0.2, 0) is 19.7 Å². The lowest BCUT2D eigenvalue weighted by molar-refractivity contribution is -0.137. The first-order valence-electron chi connectivity index (χ1n) is 13.3. The molecule has 0 bridgehead atoms. The van der Waals surface area contributed by atoms with E-state index in [1.807, 2.05) is 42.5 Å². The van der Waals surface area contributed by atoms with Crippen molar-refractivity contribution in [1.82, 2.24) is 14.7 Å². The Labute approximate surface area is 234 Å². The lowest BCUT2D eigenvalue weighted by atomic mass is 9.92. The first kappa shape index (κ1) is 28.6. The maximum absolute atomic E-state index is 12.2. The van der Waals surface area contributed by atoms with Crippen molar-refractivity contribution in [3.63, 3.8) is 0 Å². The fourth-order valence-electron chi connectivity index (χ4n) is 4.28. The van der Waals surface area contributed by atoms with Crippen molar-refractivity contribution >= 4 is 34.6 Å². The molecular formula is C31H37N5O4. The Kier molecular flexibility index (Phi) is 9.06. The molecule has 3 N–H and O–H groups in total. The Bertz CT molecular complexity index is 1450. The molecule has 1 fully saturated rings. The number of morpholine rings is 1. The van der Waals surface area contributed by atoms with Gasteiger partial charge in [-0.3, -0.25) is 9.59 Å². The second-order valence-electron chi connectivity index (χ2n) is 10.7. The molecule has 0 spiro atoms. The van der Waals surface area contributed by atoms with Crippen LogP contribution in [0, 0.1) is 6.92 Å². The summed E-state index contributed by atoms with van der Waals surface area (Å²) in [6.45, 7) is 10.8. The lowest BCUT2D eigenvalue weighted by Crippen LogP contribution is -2.42. The number of nitrogen functional groups attached to an aromatic ring is 1. The van der Waals surface area contributed by atoms with Gasteiger partial charge < -0.3 is 25.4 Å². The van der Waals surface area contributed by atoms with Crippen molar-refractivity contribution in [2.75, 3.05) is 44.0 Å². The van der Waals surface area contributed by atoms with Gasteiger partial charge in [-0.1, -0.05) is 62.7 Å². The second-order valence-corrected chi connectivity index (χ2v) is 10.7. The minimum Gasteiger partial charge on any atom is -0.483 e. The number of hydrogen-bond donors (Lipinski definition) is 2. The highest BCUT2D eigenvalue weighted by molar-refractivity contribution is 6.00. The van der Waals surface area contributed by atoms with Gasteiger partial charge in [0, 0.05) is 41.0 Å². The van der Waals surface area contributed by atoms with E-state index in [0.717, 1.165) is 22.2 Å². The third-order valence-corrected chi connectivity index (χ3v) is 6.60. The molecule has 1 saturated heterocycles. The van der Waals surface area contributed by atoms with Gasteiger partial charge in [0.15, 0.2) is 6.61 Å². The van der Waals surface area contributed by atoms with E-state index in [-0.39, 0.29) is 17.9 Å². The van der Waals surface area contributed by atoms with Crippen LogP contribution in [0.15, 0.2) is 66.7 Å². The van der Waals surface area contributed by atoms with Crippen molar-refractivity contribution < 1.29 is 19.1 Å². The highest BCUT2D eigenvalue weighted by Gasteiger charge is 2.20. The van der Waals surface area contributed by atoms with Crippen LogP contribution in [0.25, 0.3) is 16.5 Å². The van der Waals surface area contributed by atoms with E-state index in [0.29, 0.717) is 50.0 Å². The van der Waals surface area contributed by atoms with Crippen LogP contribution in [0.4, 0.5) is 11.5 Å². The zero-order valence-electron chi connectivity index (χ0n) is 23.5. The number of benzene rings is 3. The van der Waals surface area contributed by atoms with Crippen molar-refractivity contribution in [3.05, 3.63) is 78.0 Å². The first-order chi connectivity index (χ1) is 19.2. The Morgan fingerprint density at radius 3 is 2.35 bits per heavy atom. The summed E-state index contributed by atoms with van der Waals surface area (Å²) in [4.78, 5) is 24.6. The summed E-state index contributed by atoms with van der Waals surface area (Å²) in [5, 5.41) is 8.97. The molecule has 0 unspecified atom stereocenters. The van der Waals surface area contributed by atoms with Gasteiger partial charge >= 0.3 is 0 Å². The monoisotopic (exact) mass is 543 g/mol. The molecule has 9 nitrogen and oxygen atoms in total. The van der Waals surface area contributed by atoms with Crippen molar-refractivity contribution in [3.8, 4) is 11.4 Å². The molecule has 1 aromatic heterocycles. The summed E-state index contributed by atoms with van der Waals surface area (Å²) < 4.78 is 12.7. The number of carbonyl (C=O) groups excluding carboxylic acids is 2. The molecule has 0 atom stereocenters. The topological polar surface area (TPSA) is 112 Å². The largest absolute Gasteiger partial charge is 0.483 e. The number of nitrogens with zero attached hydrogens (tertiary/aromatic N) is 3. The number of nitrogens with one attached hydrogen (secondary N) is 1. The predicted octanol–water partition coefficient (Wildman–Crippen LogP) is 4.71. The number of carbonyl (C=O) groups is 2. The quantitative estimate of drug-likeness (QED) is 0.341. The van der Waals surface area contributed by atoms with Crippen molar-refractivity contribution in [2.24, 2.45) is 0 Å². The molecule has 5 rings (SSSR count). The predicted molar refractivity (Wildman–Crippen MR) is 158 cm³/mol. The molecule has 0 saturated carbocycles. The zero-order valence-corrected chi connectivity index (χ0v) is 23.5. The molecule has 2 heterocycles. The second kappa shape index (κ2) is 12.7. The van der Waals surface area contributed by atoms with Gasteiger partial charge in [0.05, 0.1) is 24.6 Å². The number of rotatable bonds is 6. The summed E-state index contributed by atoms with van der Waals surface area (Å²) >= 11 is 0. The van der Waals surface area contributed by atoms with E-state index >= 15 is 0 Å². The minimum absolute atomic E-state index is 0.00947. The van der Waals surface area contributed by atoms with E-state index in [1.165, 1.54) is 5.56 Å². The third-order valence-electron chi connectivity index (χ3n) is 6.60. The van der Waals surface area contributed by atoms with E-state index in [4.69, 9.17) is 15.2 Å². The summed E-state index contributed by atoms with van der Waals surface area (Å²) in [6.07, 6.45) is 0.643. The minimum atomic E-state index is -0.0486. The summed E-state index contributed by atoms with van der Waals surface area (Å²) in [5.41, 5.74) is 9.98. The molecule has 1 aliphatic rings. The average molecular weight is 544 g/mol. The summed E-state index contributed by atoms with van der Waals surface area (Å²) in [7, 11) is 0. The Morgan fingerprint density at radius 2 is 1.73 bits per heavy atom. The molecular weight excluding hydrogens is 506 g/mol. The van der Waals surface area contributed by atoms with Crippen LogP contribution in [0.5, 0.6) is 5.75 Å². The molecule has 4 aromatic rings. The standard InChI is InChI=1S/C17H18N2O4.C14H19N3/c20-12-18-15-5-6-16(14-4-2-1-3-13(14)15)23-11-17(21)19-7-9-22-10-8-19;1-10-5-7-11(8-6-10)17-13(15)9-12(16-17)14(2,3)4/h1-6,12H,7-11H2,(H,18,20);5-9H,15H2,1-4H3. The van der Waals surface area contributed by atoms with Crippen LogP contribution in [-0.4, -0.2) is 59.9 Å². The molecule has 0 radical (unpaired) electrons. The number of hydrogen-bond acceptors (Lipinski definition) is 6. The highest BCUT2D eigenvalue weighted by atomic mass is 16.5. The molecule has 2 amide bonds. The van der Waals surface area contributed by atoms with Crippen molar-refractivity contribution in [2.45, 2.75) is 33.1 Å². The zero-order chi connectivity index (χ0) is 28.7. The Morgan fingerprint density at radius 1 is 1.05 bits per heavy atom. The molecule has 3 aromatic carbocycles. The SMILES string of the molecule is Cc1ccc(-n2nc(C(C)(C)C)cc2N)cc1.O=CNc1ccc(OCC(=O)N2CCOCC2)c2ccccc12. The molecule has 0 aliphatic carbocycles. The van der Waals surface area contributed by atoms with Gasteiger partial charge in [0.2, 0.25) is 6.41 Å². The molecule has 1 aliphatic heterocycles. The van der Waals surface area contributed by atoms with Gasteiger partial charge in [-0.15, -0.1) is 0 Å². The van der Waals surface area contributed by atoms with E-state index in [9.17, 15) is 9.59 Å².